The molecule has 0 saturated carbocycles. The van der Waals surface area contributed by atoms with E-state index in [1.807, 2.05) is 0 Å². The fourth-order valence-electron chi connectivity index (χ4n) is 1.66. The van der Waals surface area contributed by atoms with E-state index in [0.717, 1.165) is 0 Å². The predicted molar refractivity (Wildman–Crippen MR) is 60.1 cm³/mol. The summed E-state index contributed by atoms with van der Waals surface area (Å²) in [7, 11) is 1.75. The molecule has 0 N–H and O–H groups in total. The summed E-state index contributed by atoms with van der Waals surface area (Å²) in [6, 6.07) is 1.31. The van der Waals surface area contributed by atoms with E-state index in [1.54, 1.807) is 17.9 Å². The molecule has 0 aliphatic carbocycles. The van der Waals surface area contributed by atoms with Crippen molar-refractivity contribution in [1.29, 1.82) is 0 Å². The first-order valence-corrected chi connectivity index (χ1v) is 5.00. The average molecular weight is 245 g/mol. The molecule has 0 atom stereocenters. The van der Waals surface area contributed by atoms with Gasteiger partial charge in [-0.25, -0.2) is 9.97 Å². The number of nitrogens with zero attached hydrogens (tertiary/aromatic N) is 7. The normalized spacial score (nSPS) is 10.9. The second-order valence-corrected chi connectivity index (χ2v) is 3.58. The first-order valence-electron chi connectivity index (χ1n) is 5.00. The lowest BCUT2D eigenvalue weighted by Gasteiger charge is -1.97. The van der Waals surface area contributed by atoms with Crippen LogP contribution in [0.4, 0.5) is 5.82 Å². The standard InChI is InChI=1S/C9H7N7O2/c1-14-8-6(4-12-14)9(11-5-10-8)15-3-2-7(13-15)16(17)18/h2-5H,1H3. The molecule has 3 rings (SSSR count). The maximum atomic E-state index is 10.6. The molecule has 90 valence electrons. The Kier molecular flexibility index (Phi) is 2.06. The number of aryl methyl sites for hydroxylation is 1. The predicted octanol–water partition coefficient (Wildman–Crippen LogP) is 0.457. The lowest BCUT2D eigenvalue weighted by atomic mass is 10.4. The summed E-state index contributed by atoms with van der Waals surface area (Å²) in [5.41, 5.74) is 0.637. The molecule has 0 saturated heterocycles. The third kappa shape index (κ3) is 1.41. The van der Waals surface area contributed by atoms with Crippen LogP contribution in [0.25, 0.3) is 16.9 Å². The van der Waals surface area contributed by atoms with Crippen LogP contribution in [-0.2, 0) is 7.05 Å². The summed E-state index contributed by atoms with van der Waals surface area (Å²) in [5, 5.41) is 19.2. The van der Waals surface area contributed by atoms with Crippen LogP contribution >= 0.6 is 0 Å². The quantitative estimate of drug-likeness (QED) is 0.479. The summed E-state index contributed by atoms with van der Waals surface area (Å²) in [4.78, 5) is 18.2. The van der Waals surface area contributed by atoms with Crippen LogP contribution in [0.5, 0.6) is 0 Å². The fraction of sp³-hybridized carbons (Fsp3) is 0.111. The van der Waals surface area contributed by atoms with Crippen molar-refractivity contribution in [3.63, 3.8) is 0 Å². The van der Waals surface area contributed by atoms with Gasteiger partial charge in [0, 0.05) is 7.05 Å². The molecule has 9 nitrogen and oxygen atoms in total. The maximum absolute atomic E-state index is 10.6. The highest BCUT2D eigenvalue weighted by Crippen LogP contribution is 2.18. The number of nitro groups is 1. The van der Waals surface area contributed by atoms with Crippen LogP contribution in [0.2, 0.25) is 0 Å². The van der Waals surface area contributed by atoms with Crippen molar-refractivity contribution in [2.75, 3.05) is 0 Å². The average Bonchev–Trinajstić information content (AvgIpc) is 2.97. The van der Waals surface area contributed by atoms with E-state index < -0.39 is 4.92 Å². The minimum Gasteiger partial charge on any atom is -0.358 e. The van der Waals surface area contributed by atoms with Crippen molar-refractivity contribution in [1.82, 2.24) is 29.5 Å². The highest BCUT2D eigenvalue weighted by atomic mass is 16.6. The van der Waals surface area contributed by atoms with Gasteiger partial charge in [0.25, 0.3) is 0 Å². The zero-order valence-electron chi connectivity index (χ0n) is 9.26. The maximum Gasteiger partial charge on any atom is 0.390 e. The van der Waals surface area contributed by atoms with Gasteiger partial charge in [-0.05, 0) is 4.92 Å². The van der Waals surface area contributed by atoms with Gasteiger partial charge in [-0.1, -0.05) is 0 Å². The number of hydrogen-bond acceptors (Lipinski definition) is 6. The van der Waals surface area contributed by atoms with Gasteiger partial charge in [-0.2, -0.15) is 5.10 Å². The Morgan fingerprint density at radius 2 is 2.22 bits per heavy atom. The monoisotopic (exact) mass is 245 g/mol. The molecule has 0 radical (unpaired) electrons. The third-order valence-corrected chi connectivity index (χ3v) is 2.49. The van der Waals surface area contributed by atoms with Crippen molar-refractivity contribution in [3.8, 4) is 5.82 Å². The van der Waals surface area contributed by atoms with Gasteiger partial charge >= 0.3 is 5.82 Å². The van der Waals surface area contributed by atoms with Crippen molar-refractivity contribution < 1.29 is 4.92 Å². The molecule has 0 fully saturated rings. The Hall–Kier alpha value is -2.84. The zero-order chi connectivity index (χ0) is 12.7. The van der Waals surface area contributed by atoms with Crippen LogP contribution in [0, 0.1) is 10.1 Å². The van der Waals surface area contributed by atoms with E-state index in [0.29, 0.717) is 16.9 Å². The number of fused-ring (bicyclic) bond motifs is 1. The molecular weight excluding hydrogens is 238 g/mol. The van der Waals surface area contributed by atoms with Crippen LogP contribution in [0.1, 0.15) is 0 Å². The summed E-state index contributed by atoms with van der Waals surface area (Å²) < 4.78 is 2.93. The van der Waals surface area contributed by atoms with Gasteiger partial charge in [0.1, 0.15) is 6.33 Å². The van der Waals surface area contributed by atoms with Gasteiger partial charge in [-0.3, -0.25) is 4.68 Å². The highest BCUT2D eigenvalue weighted by Gasteiger charge is 2.16. The van der Waals surface area contributed by atoms with Crippen molar-refractivity contribution in [2.45, 2.75) is 0 Å². The molecule has 18 heavy (non-hydrogen) atoms. The van der Waals surface area contributed by atoms with Gasteiger partial charge in [0.15, 0.2) is 11.5 Å². The van der Waals surface area contributed by atoms with E-state index in [-0.39, 0.29) is 5.82 Å². The van der Waals surface area contributed by atoms with Gasteiger partial charge < -0.3 is 10.1 Å². The van der Waals surface area contributed by atoms with E-state index in [1.165, 1.54) is 23.3 Å². The lowest BCUT2D eigenvalue weighted by Crippen LogP contribution is -2.01. The van der Waals surface area contributed by atoms with Crippen LogP contribution < -0.4 is 0 Å². The smallest absolute Gasteiger partial charge is 0.358 e. The molecule has 0 aromatic carbocycles. The number of aromatic nitrogens is 6. The first-order chi connectivity index (χ1) is 8.66. The molecule has 3 heterocycles. The summed E-state index contributed by atoms with van der Waals surface area (Å²) in [5.74, 6) is 0.229. The molecule has 0 aliphatic heterocycles. The molecule has 0 unspecified atom stereocenters. The minimum absolute atomic E-state index is 0.231. The van der Waals surface area contributed by atoms with E-state index in [9.17, 15) is 10.1 Å². The van der Waals surface area contributed by atoms with E-state index in [2.05, 4.69) is 20.2 Å². The Balaban J connectivity index is 2.21. The molecule has 3 aromatic heterocycles. The first kappa shape index (κ1) is 10.3. The van der Waals surface area contributed by atoms with Gasteiger partial charge in [-0.15, -0.1) is 4.68 Å². The minimum atomic E-state index is -0.557. The molecule has 0 spiro atoms. The van der Waals surface area contributed by atoms with Gasteiger partial charge in [0.2, 0.25) is 0 Å². The Labute approximate surface area is 99.8 Å². The van der Waals surface area contributed by atoms with E-state index in [4.69, 9.17) is 0 Å². The molecule has 0 aliphatic rings. The van der Waals surface area contributed by atoms with Crippen LogP contribution in [-0.4, -0.2) is 34.5 Å². The lowest BCUT2D eigenvalue weighted by molar-refractivity contribution is -0.389. The summed E-state index contributed by atoms with van der Waals surface area (Å²) in [6.07, 6.45) is 4.44. The Morgan fingerprint density at radius 1 is 1.39 bits per heavy atom. The second-order valence-electron chi connectivity index (χ2n) is 3.58. The molecule has 0 bridgehead atoms. The Morgan fingerprint density at radius 3 is 2.94 bits per heavy atom. The third-order valence-electron chi connectivity index (χ3n) is 2.49. The zero-order valence-corrected chi connectivity index (χ0v) is 9.26. The highest BCUT2D eigenvalue weighted by molar-refractivity contribution is 5.81. The van der Waals surface area contributed by atoms with Gasteiger partial charge in [0.05, 0.1) is 28.9 Å². The topological polar surface area (TPSA) is 105 Å². The van der Waals surface area contributed by atoms with E-state index >= 15 is 0 Å². The van der Waals surface area contributed by atoms with Crippen molar-refractivity contribution >= 4 is 16.9 Å². The molecule has 0 amide bonds. The van der Waals surface area contributed by atoms with Crippen LogP contribution in [0.3, 0.4) is 0 Å². The molecule has 3 aromatic rings. The second kappa shape index (κ2) is 3.58. The summed E-state index contributed by atoms with van der Waals surface area (Å²) >= 11 is 0. The van der Waals surface area contributed by atoms with Crippen molar-refractivity contribution in [2.24, 2.45) is 7.05 Å². The SMILES string of the molecule is Cn1ncc2c(-n3ccc([N+](=O)[O-])n3)ncnc21. The molecular formula is C9H7N7O2. The molecule has 9 heteroatoms. The largest absolute Gasteiger partial charge is 0.390 e. The number of hydrogen-bond donors (Lipinski definition) is 0. The van der Waals surface area contributed by atoms with Crippen molar-refractivity contribution in [3.05, 3.63) is 34.9 Å². The van der Waals surface area contributed by atoms with Crippen LogP contribution in [0.15, 0.2) is 24.8 Å². The summed E-state index contributed by atoms with van der Waals surface area (Å²) in [6.45, 7) is 0. The number of rotatable bonds is 2. The Bertz CT molecular complexity index is 744. The fourth-order valence-corrected chi connectivity index (χ4v) is 1.66.